The molecule has 0 bridgehead atoms. The van der Waals surface area contributed by atoms with Crippen LogP contribution >= 0.6 is 0 Å². The van der Waals surface area contributed by atoms with Crippen molar-refractivity contribution in [1.29, 1.82) is 0 Å². The van der Waals surface area contributed by atoms with Crippen LogP contribution in [-0.4, -0.2) is 34.1 Å². The van der Waals surface area contributed by atoms with E-state index in [2.05, 4.69) is 44.4 Å². The molecule has 7 nitrogen and oxygen atoms in total. The summed E-state index contributed by atoms with van der Waals surface area (Å²) < 4.78 is 5.51. The first-order valence-electron chi connectivity index (χ1n) is 10.9. The molecule has 5 rings (SSSR count). The van der Waals surface area contributed by atoms with Gasteiger partial charge in [0.25, 0.3) is 5.71 Å². The molecule has 162 valence electrons. The molecule has 1 aliphatic heterocycles. The first-order valence-corrected chi connectivity index (χ1v) is 10.9. The van der Waals surface area contributed by atoms with Gasteiger partial charge in [-0.25, -0.2) is 4.98 Å². The minimum absolute atomic E-state index is 0.00586. The summed E-state index contributed by atoms with van der Waals surface area (Å²) in [6.45, 7) is 4.11. The minimum Gasteiger partial charge on any atom is -0.356 e. The zero-order valence-corrected chi connectivity index (χ0v) is 18.0. The van der Waals surface area contributed by atoms with Gasteiger partial charge in [-0.2, -0.15) is 4.98 Å². The lowest BCUT2D eigenvalue weighted by Gasteiger charge is -2.32. The largest absolute Gasteiger partial charge is 0.356 e. The standard InChI is InChI=1S/C25H25N5O2/c1-17-7-9-19(10-8-17)22-21-23(27-16-28-25(21)32-29-22)30-13-11-20(12-14-30)24(31)26-15-18-5-3-2-4-6-18/h2-10,16,20H,11-15H2,1H3,(H,26,31). The van der Waals surface area contributed by atoms with Gasteiger partial charge < -0.3 is 14.7 Å². The summed E-state index contributed by atoms with van der Waals surface area (Å²) >= 11 is 0. The lowest BCUT2D eigenvalue weighted by atomic mass is 9.95. The predicted octanol–water partition coefficient (Wildman–Crippen LogP) is 4.13. The number of aromatic nitrogens is 3. The van der Waals surface area contributed by atoms with Crippen molar-refractivity contribution in [1.82, 2.24) is 20.4 Å². The zero-order valence-electron chi connectivity index (χ0n) is 18.0. The summed E-state index contributed by atoms with van der Waals surface area (Å²) in [5.74, 6) is 0.938. The molecule has 3 heterocycles. The number of aryl methyl sites for hydroxylation is 1. The van der Waals surface area contributed by atoms with Gasteiger partial charge in [0.15, 0.2) is 0 Å². The number of rotatable bonds is 5. The summed E-state index contributed by atoms with van der Waals surface area (Å²) in [7, 11) is 0. The molecule has 0 aliphatic carbocycles. The van der Waals surface area contributed by atoms with Gasteiger partial charge in [0.05, 0.1) is 0 Å². The van der Waals surface area contributed by atoms with E-state index in [1.807, 2.05) is 42.5 Å². The molecule has 1 amide bonds. The fourth-order valence-corrected chi connectivity index (χ4v) is 4.20. The van der Waals surface area contributed by atoms with Gasteiger partial charge in [-0.05, 0) is 25.3 Å². The van der Waals surface area contributed by atoms with Crippen LogP contribution in [0.3, 0.4) is 0 Å². The van der Waals surface area contributed by atoms with Gasteiger partial charge in [0.2, 0.25) is 5.91 Å². The highest BCUT2D eigenvalue weighted by Gasteiger charge is 2.28. The average molecular weight is 428 g/mol. The molecule has 32 heavy (non-hydrogen) atoms. The molecule has 1 aliphatic rings. The topological polar surface area (TPSA) is 84.2 Å². The van der Waals surface area contributed by atoms with Crippen LogP contribution in [0.2, 0.25) is 0 Å². The van der Waals surface area contributed by atoms with Crippen molar-refractivity contribution in [3.05, 3.63) is 72.1 Å². The summed E-state index contributed by atoms with van der Waals surface area (Å²) in [5, 5.41) is 8.18. The third kappa shape index (κ3) is 4.06. The van der Waals surface area contributed by atoms with Crippen molar-refractivity contribution >= 4 is 22.8 Å². The number of benzene rings is 2. The Labute approximate surface area is 186 Å². The molecular weight excluding hydrogens is 402 g/mol. The number of fused-ring (bicyclic) bond motifs is 1. The lowest BCUT2D eigenvalue weighted by Crippen LogP contribution is -2.40. The highest BCUT2D eigenvalue weighted by Crippen LogP contribution is 2.34. The molecule has 1 fully saturated rings. The second kappa shape index (κ2) is 8.78. The molecular formula is C25H25N5O2. The summed E-state index contributed by atoms with van der Waals surface area (Å²) in [5.41, 5.74) is 4.50. The molecule has 2 aromatic heterocycles. The number of nitrogens with one attached hydrogen (secondary N) is 1. The number of hydrogen-bond acceptors (Lipinski definition) is 6. The first kappa shape index (κ1) is 20.2. The maximum absolute atomic E-state index is 12.7. The Bertz CT molecular complexity index is 1210. The van der Waals surface area contributed by atoms with Crippen LogP contribution < -0.4 is 10.2 Å². The molecule has 0 saturated carbocycles. The second-order valence-electron chi connectivity index (χ2n) is 8.24. The normalized spacial score (nSPS) is 14.6. The minimum atomic E-state index is 0.00586. The molecule has 4 aromatic rings. The van der Waals surface area contributed by atoms with Crippen molar-refractivity contribution in [3.63, 3.8) is 0 Å². The monoisotopic (exact) mass is 427 g/mol. The highest BCUT2D eigenvalue weighted by atomic mass is 16.5. The number of anilines is 1. The van der Waals surface area contributed by atoms with E-state index in [4.69, 9.17) is 4.52 Å². The van der Waals surface area contributed by atoms with Gasteiger partial charge in [0, 0.05) is 31.1 Å². The van der Waals surface area contributed by atoms with E-state index in [0.717, 1.165) is 54.0 Å². The van der Waals surface area contributed by atoms with Crippen LogP contribution in [0.15, 0.2) is 65.4 Å². The SMILES string of the molecule is Cc1ccc(-c2noc3ncnc(N4CCC(C(=O)NCc5ccccc5)CC4)c23)cc1. The third-order valence-corrected chi connectivity index (χ3v) is 6.05. The van der Waals surface area contributed by atoms with Gasteiger partial charge in [-0.15, -0.1) is 0 Å². The third-order valence-electron chi connectivity index (χ3n) is 6.05. The molecule has 0 radical (unpaired) electrons. The zero-order chi connectivity index (χ0) is 21.9. The van der Waals surface area contributed by atoms with E-state index in [0.29, 0.717) is 12.3 Å². The van der Waals surface area contributed by atoms with Crippen molar-refractivity contribution in [3.8, 4) is 11.3 Å². The van der Waals surface area contributed by atoms with Crippen molar-refractivity contribution < 1.29 is 9.32 Å². The molecule has 1 saturated heterocycles. The Morgan fingerprint density at radius 1 is 1.06 bits per heavy atom. The number of hydrogen-bond donors (Lipinski definition) is 1. The second-order valence-corrected chi connectivity index (χ2v) is 8.24. The van der Waals surface area contributed by atoms with E-state index < -0.39 is 0 Å². The number of amides is 1. The predicted molar refractivity (Wildman–Crippen MR) is 123 cm³/mol. The fourth-order valence-electron chi connectivity index (χ4n) is 4.20. The molecule has 2 aromatic carbocycles. The number of carbonyl (C=O) groups is 1. The van der Waals surface area contributed by atoms with Crippen LogP contribution in [0.25, 0.3) is 22.4 Å². The van der Waals surface area contributed by atoms with E-state index in [-0.39, 0.29) is 11.8 Å². The smallest absolute Gasteiger partial charge is 0.263 e. The molecule has 0 atom stereocenters. The Balaban J connectivity index is 1.30. The Morgan fingerprint density at radius 3 is 2.56 bits per heavy atom. The maximum Gasteiger partial charge on any atom is 0.263 e. The Morgan fingerprint density at radius 2 is 1.81 bits per heavy atom. The average Bonchev–Trinajstić information content (AvgIpc) is 3.28. The lowest BCUT2D eigenvalue weighted by molar-refractivity contribution is -0.125. The van der Waals surface area contributed by atoms with Crippen molar-refractivity contribution in [2.24, 2.45) is 5.92 Å². The Hall–Kier alpha value is -3.74. The molecule has 1 N–H and O–H groups in total. The molecule has 0 unspecified atom stereocenters. The van der Waals surface area contributed by atoms with Crippen LogP contribution in [0.4, 0.5) is 5.82 Å². The van der Waals surface area contributed by atoms with Crippen molar-refractivity contribution in [2.45, 2.75) is 26.3 Å². The van der Waals surface area contributed by atoms with Crippen LogP contribution in [0.1, 0.15) is 24.0 Å². The van der Waals surface area contributed by atoms with Gasteiger partial charge in [0.1, 0.15) is 23.2 Å². The summed E-state index contributed by atoms with van der Waals surface area (Å²) in [4.78, 5) is 23.7. The number of carbonyl (C=O) groups excluding carboxylic acids is 1. The van der Waals surface area contributed by atoms with Gasteiger partial charge in [-0.1, -0.05) is 65.3 Å². The number of piperidine rings is 1. The van der Waals surface area contributed by atoms with Gasteiger partial charge >= 0.3 is 0 Å². The Kier molecular flexibility index (Phi) is 5.54. The number of nitrogens with zero attached hydrogens (tertiary/aromatic N) is 4. The molecule has 7 heteroatoms. The molecule has 0 spiro atoms. The summed E-state index contributed by atoms with van der Waals surface area (Å²) in [6, 6.07) is 18.2. The quantitative estimate of drug-likeness (QED) is 0.516. The van der Waals surface area contributed by atoms with Gasteiger partial charge in [-0.3, -0.25) is 4.79 Å². The van der Waals surface area contributed by atoms with E-state index in [9.17, 15) is 4.79 Å². The van der Waals surface area contributed by atoms with Crippen LogP contribution in [-0.2, 0) is 11.3 Å². The van der Waals surface area contributed by atoms with E-state index in [1.165, 1.54) is 11.9 Å². The van der Waals surface area contributed by atoms with E-state index >= 15 is 0 Å². The first-order chi connectivity index (χ1) is 15.7. The highest BCUT2D eigenvalue weighted by molar-refractivity contribution is 5.98. The fraction of sp³-hybridized carbons (Fsp3) is 0.280. The van der Waals surface area contributed by atoms with E-state index in [1.54, 1.807) is 0 Å². The summed E-state index contributed by atoms with van der Waals surface area (Å²) in [6.07, 6.45) is 3.06. The van der Waals surface area contributed by atoms with Crippen LogP contribution in [0, 0.1) is 12.8 Å². The van der Waals surface area contributed by atoms with Crippen LogP contribution in [0.5, 0.6) is 0 Å². The van der Waals surface area contributed by atoms with Crippen molar-refractivity contribution in [2.75, 3.05) is 18.0 Å². The maximum atomic E-state index is 12.7.